The lowest BCUT2D eigenvalue weighted by molar-refractivity contribution is -0.137. The van der Waals surface area contributed by atoms with Crippen LogP contribution >= 0.6 is 0 Å². The maximum atomic E-state index is 12.7. The highest BCUT2D eigenvalue weighted by Gasteiger charge is 2.35. The Morgan fingerprint density at radius 3 is 2.50 bits per heavy atom. The topological polar surface area (TPSA) is 90.2 Å². The number of sulfonamides is 1. The minimum atomic E-state index is -4.83. The first-order valence-corrected chi connectivity index (χ1v) is 6.85. The van der Waals surface area contributed by atoms with Crippen molar-refractivity contribution in [2.75, 3.05) is 6.54 Å². The van der Waals surface area contributed by atoms with Crippen LogP contribution in [-0.4, -0.2) is 26.2 Å². The maximum absolute atomic E-state index is 12.7. The Kier molecular flexibility index (Phi) is 4.75. The van der Waals surface area contributed by atoms with Gasteiger partial charge in [-0.1, -0.05) is 0 Å². The van der Waals surface area contributed by atoms with Gasteiger partial charge in [0.25, 0.3) is 0 Å². The first-order valence-electron chi connectivity index (χ1n) is 5.37. The molecule has 110 valence electrons. The molecule has 0 aliphatic rings. The summed E-state index contributed by atoms with van der Waals surface area (Å²) in [6.45, 7) is 0.992. The quantitative estimate of drug-likeness (QED) is 0.875. The molecular formula is C11H11F3N2O3S. The molecule has 0 saturated heterocycles. The molecule has 1 rings (SSSR count). The summed E-state index contributed by atoms with van der Waals surface area (Å²) in [5, 5.41) is 17.6. The van der Waals surface area contributed by atoms with Crippen molar-refractivity contribution in [1.82, 2.24) is 4.72 Å². The van der Waals surface area contributed by atoms with E-state index in [0.29, 0.717) is 6.07 Å². The second kappa shape index (κ2) is 5.78. The molecule has 1 aromatic rings. The zero-order valence-corrected chi connectivity index (χ0v) is 11.1. The van der Waals surface area contributed by atoms with E-state index < -0.39 is 38.3 Å². The number of hydrogen-bond acceptors (Lipinski definition) is 4. The fourth-order valence-corrected chi connectivity index (χ4v) is 2.48. The predicted octanol–water partition coefficient (Wildman–Crippen LogP) is 1.24. The highest BCUT2D eigenvalue weighted by atomic mass is 32.2. The van der Waals surface area contributed by atoms with Gasteiger partial charge in [-0.3, -0.25) is 0 Å². The molecule has 0 fully saturated rings. The van der Waals surface area contributed by atoms with Crippen molar-refractivity contribution in [3.8, 4) is 6.07 Å². The van der Waals surface area contributed by atoms with E-state index in [-0.39, 0.29) is 6.54 Å². The first-order chi connectivity index (χ1) is 9.08. The molecule has 1 unspecified atom stereocenters. The predicted molar refractivity (Wildman–Crippen MR) is 63.0 cm³/mol. The third kappa shape index (κ3) is 3.93. The van der Waals surface area contributed by atoms with Gasteiger partial charge >= 0.3 is 6.18 Å². The lowest BCUT2D eigenvalue weighted by Gasteiger charge is -2.12. The minimum Gasteiger partial charge on any atom is -0.392 e. The Morgan fingerprint density at radius 1 is 1.45 bits per heavy atom. The fraction of sp³-hybridized carbons (Fsp3) is 0.364. The van der Waals surface area contributed by atoms with Gasteiger partial charge < -0.3 is 5.11 Å². The van der Waals surface area contributed by atoms with E-state index in [9.17, 15) is 21.6 Å². The molecule has 0 aromatic heterocycles. The van der Waals surface area contributed by atoms with Gasteiger partial charge in [0.1, 0.15) is 0 Å². The fourth-order valence-electron chi connectivity index (χ4n) is 1.34. The van der Waals surface area contributed by atoms with Gasteiger partial charge in [0, 0.05) is 6.54 Å². The van der Waals surface area contributed by atoms with Crippen LogP contribution in [0.1, 0.15) is 18.1 Å². The first kappa shape index (κ1) is 16.4. The van der Waals surface area contributed by atoms with Gasteiger partial charge in [-0.05, 0) is 25.1 Å². The number of rotatable bonds is 4. The molecule has 0 radical (unpaired) electrons. The van der Waals surface area contributed by atoms with Gasteiger partial charge in [-0.2, -0.15) is 18.4 Å². The molecule has 0 amide bonds. The van der Waals surface area contributed by atoms with Crippen molar-refractivity contribution >= 4 is 10.0 Å². The molecule has 5 nitrogen and oxygen atoms in total. The number of alkyl halides is 3. The molecule has 0 aliphatic heterocycles. The summed E-state index contributed by atoms with van der Waals surface area (Å²) in [6, 6.07) is 3.44. The Labute approximate surface area is 113 Å². The van der Waals surface area contributed by atoms with Gasteiger partial charge in [-0.25, -0.2) is 13.1 Å². The number of aliphatic hydroxyl groups is 1. The van der Waals surface area contributed by atoms with E-state index in [4.69, 9.17) is 10.4 Å². The summed E-state index contributed by atoms with van der Waals surface area (Å²) in [7, 11) is -4.18. The smallest absolute Gasteiger partial charge is 0.392 e. The van der Waals surface area contributed by atoms with E-state index in [1.54, 1.807) is 0 Å². The van der Waals surface area contributed by atoms with E-state index in [1.165, 1.54) is 13.0 Å². The monoisotopic (exact) mass is 308 g/mol. The van der Waals surface area contributed by atoms with Crippen LogP contribution in [0.4, 0.5) is 13.2 Å². The second-order valence-electron chi connectivity index (χ2n) is 4.02. The number of hydrogen-bond donors (Lipinski definition) is 2. The molecule has 0 heterocycles. The van der Waals surface area contributed by atoms with Gasteiger partial charge in [0.05, 0.1) is 28.2 Å². The van der Waals surface area contributed by atoms with Crippen molar-refractivity contribution in [3.63, 3.8) is 0 Å². The van der Waals surface area contributed by atoms with Crippen molar-refractivity contribution < 1.29 is 26.7 Å². The van der Waals surface area contributed by atoms with Gasteiger partial charge in [0.2, 0.25) is 10.0 Å². The number of nitrogens with one attached hydrogen (secondary N) is 1. The molecule has 1 atom stereocenters. The highest BCUT2D eigenvalue weighted by Crippen LogP contribution is 2.33. The third-order valence-corrected chi connectivity index (χ3v) is 3.72. The molecule has 9 heteroatoms. The SMILES string of the molecule is CC(O)CNS(=O)(=O)c1ccc(C#N)c(C(F)(F)F)c1. The summed E-state index contributed by atoms with van der Waals surface area (Å²) in [5.41, 5.74) is -1.98. The summed E-state index contributed by atoms with van der Waals surface area (Å²) in [4.78, 5) is -0.621. The van der Waals surface area contributed by atoms with Gasteiger partial charge in [0.15, 0.2) is 0 Å². The molecule has 0 bridgehead atoms. The molecule has 0 saturated carbocycles. The molecule has 0 aliphatic carbocycles. The Balaban J connectivity index is 3.26. The van der Waals surface area contributed by atoms with Crippen LogP contribution in [0.5, 0.6) is 0 Å². The Hall–Kier alpha value is -1.63. The number of benzene rings is 1. The van der Waals surface area contributed by atoms with Crippen LogP contribution in [0.3, 0.4) is 0 Å². The number of aliphatic hydroxyl groups excluding tert-OH is 1. The normalized spacial score (nSPS) is 13.8. The average molecular weight is 308 g/mol. The van der Waals surface area contributed by atoms with E-state index >= 15 is 0 Å². The molecule has 1 aromatic carbocycles. The lowest BCUT2D eigenvalue weighted by Crippen LogP contribution is -2.30. The van der Waals surface area contributed by atoms with Crippen LogP contribution in [0.25, 0.3) is 0 Å². The van der Waals surface area contributed by atoms with Crippen LogP contribution in [-0.2, 0) is 16.2 Å². The average Bonchev–Trinajstić information content (AvgIpc) is 2.34. The van der Waals surface area contributed by atoms with Crippen LogP contribution < -0.4 is 4.72 Å². The van der Waals surface area contributed by atoms with Crippen molar-refractivity contribution in [2.24, 2.45) is 0 Å². The van der Waals surface area contributed by atoms with Gasteiger partial charge in [-0.15, -0.1) is 0 Å². The largest absolute Gasteiger partial charge is 0.417 e. The van der Waals surface area contributed by atoms with E-state index in [0.717, 1.165) is 12.1 Å². The third-order valence-electron chi connectivity index (χ3n) is 2.30. The summed E-state index contributed by atoms with van der Waals surface area (Å²) in [5.74, 6) is 0. The van der Waals surface area contributed by atoms with Crippen LogP contribution in [0.15, 0.2) is 23.1 Å². The van der Waals surface area contributed by atoms with Crippen molar-refractivity contribution in [2.45, 2.75) is 24.1 Å². The van der Waals surface area contributed by atoms with Crippen molar-refractivity contribution in [1.29, 1.82) is 5.26 Å². The number of nitrogens with zero attached hydrogens (tertiary/aromatic N) is 1. The molecule has 2 N–H and O–H groups in total. The highest BCUT2D eigenvalue weighted by molar-refractivity contribution is 7.89. The zero-order valence-electron chi connectivity index (χ0n) is 10.3. The second-order valence-corrected chi connectivity index (χ2v) is 5.78. The van der Waals surface area contributed by atoms with Crippen LogP contribution in [0, 0.1) is 11.3 Å². The molecule has 20 heavy (non-hydrogen) atoms. The number of nitriles is 1. The maximum Gasteiger partial charge on any atom is 0.417 e. The summed E-state index contributed by atoms with van der Waals surface area (Å²) >= 11 is 0. The Bertz CT molecular complexity index is 633. The lowest BCUT2D eigenvalue weighted by atomic mass is 10.1. The number of halogens is 3. The van der Waals surface area contributed by atoms with Crippen LogP contribution in [0.2, 0.25) is 0 Å². The van der Waals surface area contributed by atoms with E-state index in [2.05, 4.69) is 0 Å². The summed E-state index contributed by atoms with van der Waals surface area (Å²) in [6.07, 6.45) is -5.81. The van der Waals surface area contributed by atoms with Crippen molar-refractivity contribution in [3.05, 3.63) is 29.3 Å². The molecule has 0 spiro atoms. The molecular weight excluding hydrogens is 297 g/mol. The Morgan fingerprint density at radius 2 is 2.05 bits per heavy atom. The standard InChI is InChI=1S/C11H11F3N2O3S/c1-7(17)6-16-20(18,19)9-3-2-8(5-15)10(4-9)11(12,13)14/h2-4,7,16-17H,6H2,1H3. The minimum absolute atomic E-state index is 0.330. The summed E-state index contributed by atoms with van der Waals surface area (Å²) < 4.78 is 63.6. The van der Waals surface area contributed by atoms with E-state index in [1.807, 2.05) is 4.72 Å². The zero-order chi connectivity index (χ0) is 15.6.